The number of fused-ring (bicyclic) bond motifs is 2. The molecule has 3 atom stereocenters. The molecule has 4 aromatic rings. The van der Waals surface area contributed by atoms with Crippen LogP contribution in [0.1, 0.15) is 45.0 Å². The second kappa shape index (κ2) is 12.6. The number of amides is 1. The third-order valence-electron chi connectivity index (χ3n) is 9.25. The summed E-state index contributed by atoms with van der Waals surface area (Å²) in [7, 11) is 2.00. The van der Waals surface area contributed by atoms with Gasteiger partial charge in [-0.1, -0.05) is 43.8 Å². The molecule has 248 valence electrons. The summed E-state index contributed by atoms with van der Waals surface area (Å²) in [4.78, 5) is 45.8. The van der Waals surface area contributed by atoms with Crippen molar-refractivity contribution < 1.29 is 22.7 Å². The van der Waals surface area contributed by atoms with Crippen LogP contribution >= 0.6 is 0 Å². The van der Waals surface area contributed by atoms with Gasteiger partial charge in [-0.05, 0) is 69.8 Å². The van der Waals surface area contributed by atoms with Gasteiger partial charge in [0.25, 0.3) is 5.56 Å². The van der Waals surface area contributed by atoms with E-state index < -0.39 is 29.6 Å². The van der Waals surface area contributed by atoms with E-state index in [1.54, 1.807) is 28.0 Å². The van der Waals surface area contributed by atoms with Crippen LogP contribution in [0.2, 0.25) is 0 Å². The number of hydrogen-bond donors (Lipinski definition) is 0. The zero-order chi connectivity index (χ0) is 33.6. The van der Waals surface area contributed by atoms with Gasteiger partial charge >= 0.3 is 12.2 Å². The molecule has 47 heavy (non-hydrogen) atoms. The fourth-order valence-corrected chi connectivity index (χ4v) is 6.98. The van der Waals surface area contributed by atoms with Crippen molar-refractivity contribution in [1.82, 2.24) is 29.3 Å². The molecule has 0 spiro atoms. The molecule has 0 N–H and O–H groups in total. The van der Waals surface area contributed by atoms with Gasteiger partial charge in [0.2, 0.25) is 11.7 Å². The predicted molar refractivity (Wildman–Crippen MR) is 174 cm³/mol. The summed E-state index contributed by atoms with van der Waals surface area (Å²) < 4.78 is 51.7. The van der Waals surface area contributed by atoms with Gasteiger partial charge in [-0.2, -0.15) is 23.1 Å². The molecule has 0 saturated carbocycles. The molecule has 0 aliphatic carbocycles. The molecule has 2 aliphatic heterocycles. The van der Waals surface area contributed by atoms with E-state index in [1.165, 1.54) is 12.1 Å². The SMILES string of the molecule is C=CC(=O)N1C[C@H](C)N(c2nc(OC[C@@H]3CCCN3C)nc3c(=O)n(-c4cccc5cccc(CC)c45)c(C(F)(F)F)nc23)[C@@H](C)C1. The molecule has 13 heteroatoms. The van der Waals surface area contributed by atoms with Crippen molar-refractivity contribution in [2.45, 2.75) is 64.3 Å². The first kappa shape index (κ1) is 32.4. The van der Waals surface area contributed by atoms with Crippen LogP contribution in [-0.2, 0) is 17.4 Å². The fraction of sp³-hybridized carbons (Fsp3) is 0.441. The summed E-state index contributed by atoms with van der Waals surface area (Å²) in [6.07, 6.45) is -1.30. The number of hydrogen-bond acceptors (Lipinski definition) is 8. The number of carbonyl (C=O) groups excluding carboxylic acids is 1. The summed E-state index contributed by atoms with van der Waals surface area (Å²) in [6, 6.07) is 9.62. The molecule has 0 bridgehead atoms. The average Bonchev–Trinajstić information content (AvgIpc) is 3.46. The van der Waals surface area contributed by atoms with Crippen LogP contribution in [0.4, 0.5) is 19.0 Å². The second-order valence-electron chi connectivity index (χ2n) is 12.4. The van der Waals surface area contributed by atoms with Crippen molar-refractivity contribution in [2.75, 3.05) is 38.2 Å². The average molecular weight is 650 g/mol. The van der Waals surface area contributed by atoms with Crippen LogP contribution in [0.5, 0.6) is 6.01 Å². The largest absolute Gasteiger partial charge is 0.462 e. The van der Waals surface area contributed by atoms with E-state index in [9.17, 15) is 22.8 Å². The third kappa shape index (κ3) is 5.92. The first-order valence-corrected chi connectivity index (χ1v) is 15.9. The number of anilines is 1. The molecule has 2 saturated heterocycles. The zero-order valence-electron chi connectivity index (χ0n) is 26.9. The molecular formula is C34H38F3N7O3. The normalized spacial score (nSPS) is 20.7. The standard InChI is InChI=1S/C34H38F3N7O3/c1-6-22-11-8-12-23-13-9-15-25(27(22)23)44-31(46)29-28(38-32(44)34(35,36)37)30(40-33(39-29)47-19-24-14-10-16-41(24)5)43-20(3)17-42(18-21(43)4)26(45)7-2/h7-9,11-13,15,20-21,24H,2,6,10,14,16-19H2,1,3-5H3/t20-,21-,24-/m0/s1. The Morgan fingerprint density at radius 3 is 2.38 bits per heavy atom. The highest BCUT2D eigenvalue weighted by atomic mass is 19.4. The van der Waals surface area contributed by atoms with E-state index in [1.807, 2.05) is 40.0 Å². The number of piperazine rings is 1. The molecule has 2 aliphatic rings. The van der Waals surface area contributed by atoms with Gasteiger partial charge in [0, 0.05) is 36.6 Å². The second-order valence-corrected chi connectivity index (χ2v) is 12.4. The molecule has 2 aromatic heterocycles. The number of likely N-dealkylation sites (tertiary alicyclic amines) is 1. The van der Waals surface area contributed by atoms with Crippen LogP contribution < -0.4 is 15.2 Å². The summed E-state index contributed by atoms with van der Waals surface area (Å²) in [5.41, 5.74) is -0.677. The molecule has 0 radical (unpaired) electrons. The van der Waals surface area contributed by atoms with Gasteiger partial charge in [0.15, 0.2) is 11.3 Å². The number of halogens is 3. The number of rotatable bonds is 7. The van der Waals surface area contributed by atoms with Gasteiger partial charge in [-0.3, -0.25) is 14.2 Å². The van der Waals surface area contributed by atoms with Gasteiger partial charge in [-0.15, -0.1) is 0 Å². The lowest BCUT2D eigenvalue weighted by atomic mass is 10.0. The number of aryl methyl sites for hydroxylation is 1. The van der Waals surface area contributed by atoms with E-state index in [-0.39, 0.29) is 60.2 Å². The molecular weight excluding hydrogens is 611 g/mol. The Morgan fingerprint density at radius 2 is 1.77 bits per heavy atom. The Kier molecular flexibility index (Phi) is 8.68. The van der Waals surface area contributed by atoms with Crippen LogP contribution in [0.15, 0.2) is 53.8 Å². The summed E-state index contributed by atoms with van der Waals surface area (Å²) in [5, 5.41) is 1.23. The number of nitrogens with zero attached hydrogens (tertiary/aromatic N) is 7. The van der Waals surface area contributed by atoms with Gasteiger partial charge in [-0.25, -0.2) is 4.98 Å². The maximum atomic E-state index is 15.0. The lowest BCUT2D eigenvalue weighted by molar-refractivity contribution is -0.146. The summed E-state index contributed by atoms with van der Waals surface area (Å²) in [5.74, 6) is -1.57. The Morgan fingerprint density at radius 1 is 1.06 bits per heavy atom. The zero-order valence-corrected chi connectivity index (χ0v) is 26.9. The molecule has 2 aromatic carbocycles. The van der Waals surface area contributed by atoms with Gasteiger partial charge in [0.1, 0.15) is 12.1 Å². The van der Waals surface area contributed by atoms with E-state index in [4.69, 9.17) is 4.74 Å². The molecule has 4 heterocycles. The van der Waals surface area contributed by atoms with Crippen molar-refractivity contribution in [2.24, 2.45) is 0 Å². The van der Waals surface area contributed by atoms with E-state index in [2.05, 4.69) is 26.4 Å². The molecule has 10 nitrogen and oxygen atoms in total. The highest BCUT2D eigenvalue weighted by molar-refractivity contribution is 5.94. The number of alkyl halides is 3. The van der Waals surface area contributed by atoms with Crippen LogP contribution in [0, 0.1) is 0 Å². The van der Waals surface area contributed by atoms with Crippen molar-refractivity contribution >= 4 is 33.5 Å². The Bertz CT molecular complexity index is 1890. The molecule has 1 amide bonds. The van der Waals surface area contributed by atoms with E-state index in [0.29, 0.717) is 21.8 Å². The fourth-order valence-electron chi connectivity index (χ4n) is 6.98. The topological polar surface area (TPSA) is 96.7 Å². The van der Waals surface area contributed by atoms with Crippen LogP contribution in [0.25, 0.3) is 27.5 Å². The maximum absolute atomic E-state index is 15.0. The highest BCUT2D eigenvalue weighted by Gasteiger charge is 2.41. The minimum atomic E-state index is -5.00. The van der Waals surface area contributed by atoms with Crippen molar-refractivity contribution in [3.8, 4) is 11.7 Å². The Hall–Kier alpha value is -4.52. The predicted octanol–water partition coefficient (Wildman–Crippen LogP) is 4.99. The third-order valence-corrected chi connectivity index (χ3v) is 9.25. The Labute approximate surface area is 270 Å². The first-order valence-electron chi connectivity index (χ1n) is 15.9. The number of likely N-dealkylation sites (N-methyl/N-ethyl adjacent to an activating group) is 1. The number of carbonyl (C=O) groups is 1. The van der Waals surface area contributed by atoms with Crippen molar-refractivity contribution in [1.29, 1.82) is 0 Å². The van der Waals surface area contributed by atoms with Gasteiger partial charge < -0.3 is 19.4 Å². The monoisotopic (exact) mass is 649 g/mol. The number of ether oxygens (including phenoxy) is 1. The maximum Gasteiger partial charge on any atom is 0.450 e. The highest BCUT2D eigenvalue weighted by Crippen LogP contribution is 2.36. The van der Waals surface area contributed by atoms with Crippen molar-refractivity contribution in [3.05, 3.63) is 70.8 Å². The molecule has 6 rings (SSSR count). The summed E-state index contributed by atoms with van der Waals surface area (Å²) >= 11 is 0. The number of benzene rings is 2. The Balaban J connectivity index is 1.61. The minimum absolute atomic E-state index is 0.0531. The quantitative estimate of drug-likeness (QED) is 0.259. The van der Waals surface area contributed by atoms with Crippen LogP contribution in [0.3, 0.4) is 0 Å². The lowest BCUT2D eigenvalue weighted by Crippen LogP contribution is -2.58. The van der Waals surface area contributed by atoms with Crippen LogP contribution in [-0.4, -0.2) is 86.6 Å². The van der Waals surface area contributed by atoms with Crippen molar-refractivity contribution in [3.63, 3.8) is 0 Å². The lowest BCUT2D eigenvalue weighted by Gasteiger charge is -2.45. The smallest absolute Gasteiger partial charge is 0.450 e. The number of aromatic nitrogens is 4. The van der Waals surface area contributed by atoms with E-state index >= 15 is 0 Å². The molecule has 2 fully saturated rings. The molecule has 0 unspecified atom stereocenters. The van der Waals surface area contributed by atoms with E-state index in [0.717, 1.165) is 24.9 Å². The minimum Gasteiger partial charge on any atom is -0.462 e. The summed E-state index contributed by atoms with van der Waals surface area (Å²) in [6.45, 7) is 10.9. The van der Waals surface area contributed by atoms with Gasteiger partial charge in [0.05, 0.1) is 5.69 Å². The first-order chi connectivity index (χ1) is 22.4.